The normalized spacial score (nSPS) is 20.6. The number of aromatic hydroxyl groups is 2. The number of nitrogens with one attached hydrogen (secondary N) is 1. The fourth-order valence-electron chi connectivity index (χ4n) is 4.29. The van der Waals surface area contributed by atoms with E-state index in [1.54, 1.807) is 0 Å². The number of nitrogen functional groups attached to an aromatic ring is 1. The highest BCUT2D eigenvalue weighted by Crippen LogP contribution is 2.48. The topological polar surface area (TPSA) is 205 Å². The third-order valence-corrected chi connectivity index (χ3v) is 9.64. The van der Waals surface area contributed by atoms with Gasteiger partial charge in [0.25, 0.3) is 11.8 Å². The molecule has 1 fully saturated rings. The van der Waals surface area contributed by atoms with Crippen molar-refractivity contribution in [2.24, 2.45) is 5.16 Å². The average molecular weight is 620 g/mol. The molecule has 2 aliphatic heterocycles. The Morgan fingerprint density at radius 3 is 2.65 bits per heavy atom. The SMILES string of the molecule is CO/N=C(\C(=O)N[C@]1(C=S)C(=O)N2C(C(=O)O)=C(c3cc(=O)c4cc(O)c(O)cc4s3)CS[C@H]21)c1csc(N)n1. The Kier molecular flexibility index (Phi) is 6.99. The van der Waals surface area contributed by atoms with Crippen LogP contribution in [0.5, 0.6) is 11.5 Å². The number of hydrogen-bond acceptors (Lipinski definition) is 14. The van der Waals surface area contributed by atoms with E-state index in [-0.39, 0.29) is 43.8 Å². The molecule has 1 aromatic carbocycles. The van der Waals surface area contributed by atoms with Crippen molar-refractivity contribution in [3.8, 4) is 11.5 Å². The van der Waals surface area contributed by atoms with Crippen LogP contribution >= 0.6 is 46.7 Å². The monoisotopic (exact) mass is 619 g/mol. The van der Waals surface area contributed by atoms with Crippen LogP contribution in [-0.2, 0) is 19.2 Å². The van der Waals surface area contributed by atoms with Crippen molar-refractivity contribution in [1.82, 2.24) is 15.2 Å². The first kappa shape index (κ1) is 27.5. The number of nitrogens with zero attached hydrogens (tertiary/aromatic N) is 3. The van der Waals surface area contributed by atoms with Crippen molar-refractivity contribution in [2.75, 3.05) is 18.6 Å². The van der Waals surface area contributed by atoms with Gasteiger partial charge < -0.3 is 31.2 Å². The standard InChI is InChI=1S/C23H17N5O8S4/c1-36-27-16(10-6-39-22(24)25-10)18(32)26-23(7-37)20(35)28-17(19(33)34)9(5-38-21(23)28)15-3-11(29)8-2-12(30)13(31)4-14(8)40-15/h2-4,6-7,21,30-31H,5H2,1H3,(H2,24,25)(H,26,32)(H,33,34)/b27-16-/t21-,23+/m0/s1. The first-order valence-corrected chi connectivity index (χ1v) is 14.3. The number of carbonyl (C=O) groups is 3. The molecule has 0 unspecified atom stereocenters. The Labute approximate surface area is 241 Å². The molecule has 0 radical (unpaired) electrons. The number of rotatable bonds is 7. The van der Waals surface area contributed by atoms with Crippen molar-refractivity contribution in [3.63, 3.8) is 0 Å². The molecule has 3 aromatic rings. The fraction of sp³-hybridized carbons (Fsp3) is 0.174. The van der Waals surface area contributed by atoms with E-state index >= 15 is 0 Å². The number of thiazole rings is 1. The molecule has 206 valence electrons. The molecule has 2 aromatic heterocycles. The van der Waals surface area contributed by atoms with E-state index in [9.17, 15) is 34.5 Å². The lowest BCUT2D eigenvalue weighted by Crippen LogP contribution is -2.80. The summed E-state index contributed by atoms with van der Waals surface area (Å²) >= 11 is 8.36. The maximum Gasteiger partial charge on any atom is 0.353 e. The molecule has 1 saturated heterocycles. The van der Waals surface area contributed by atoms with Gasteiger partial charge in [-0.15, -0.1) is 34.4 Å². The van der Waals surface area contributed by atoms with E-state index in [1.165, 1.54) is 24.6 Å². The second-order valence-corrected chi connectivity index (χ2v) is 11.7. The molecular weight excluding hydrogens is 603 g/mol. The van der Waals surface area contributed by atoms with E-state index in [0.717, 1.165) is 50.8 Å². The van der Waals surface area contributed by atoms with Crippen LogP contribution in [0.15, 0.2) is 39.2 Å². The quantitative estimate of drug-likeness (QED) is 0.0835. The third-order valence-electron chi connectivity index (χ3n) is 6.10. The highest BCUT2D eigenvalue weighted by atomic mass is 32.2. The summed E-state index contributed by atoms with van der Waals surface area (Å²) in [6, 6.07) is 3.55. The van der Waals surface area contributed by atoms with Crippen molar-refractivity contribution in [1.29, 1.82) is 0 Å². The predicted molar refractivity (Wildman–Crippen MR) is 154 cm³/mol. The van der Waals surface area contributed by atoms with Crippen LogP contribution in [0.1, 0.15) is 10.6 Å². The van der Waals surface area contributed by atoms with Crippen LogP contribution in [0.25, 0.3) is 15.7 Å². The lowest BCUT2D eigenvalue weighted by molar-refractivity contribution is -0.153. The van der Waals surface area contributed by atoms with E-state index in [1.807, 2.05) is 0 Å². The summed E-state index contributed by atoms with van der Waals surface area (Å²) in [5, 5.41) is 38.0. The summed E-state index contributed by atoms with van der Waals surface area (Å²) in [5.41, 5.74) is 3.08. The predicted octanol–water partition coefficient (Wildman–Crippen LogP) is 1.33. The summed E-state index contributed by atoms with van der Waals surface area (Å²) in [4.78, 5) is 62.0. The van der Waals surface area contributed by atoms with Crippen LogP contribution in [0.2, 0.25) is 0 Å². The Morgan fingerprint density at radius 1 is 1.30 bits per heavy atom. The molecule has 2 aliphatic rings. The number of thioether (sulfide) groups is 1. The minimum absolute atomic E-state index is 0.0457. The van der Waals surface area contributed by atoms with Crippen LogP contribution in [0.3, 0.4) is 0 Å². The van der Waals surface area contributed by atoms with Gasteiger partial charge >= 0.3 is 5.97 Å². The summed E-state index contributed by atoms with van der Waals surface area (Å²) in [6.45, 7) is 0. The van der Waals surface area contributed by atoms with E-state index in [2.05, 4.69) is 15.5 Å². The number of anilines is 1. The number of β-lactam (4-membered cyclic amide) rings is 1. The molecule has 2 amide bonds. The molecule has 4 heterocycles. The van der Waals surface area contributed by atoms with Crippen LogP contribution in [0, 0.1) is 0 Å². The fourth-order valence-corrected chi connectivity index (χ4v) is 7.90. The van der Waals surface area contributed by atoms with E-state index in [0.29, 0.717) is 4.70 Å². The largest absolute Gasteiger partial charge is 0.504 e. The summed E-state index contributed by atoms with van der Waals surface area (Å²) in [6.07, 6.45) is 0. The number of fused-ring (bicyclic) bond motifs is 2. The number of carboxylic acid groups (broad SMARTS) is 1. The zero-order valence-corrected chi connectivity index (χ0v) is 23.4. The Bertz CT molecular complexity index is 1750. The molecule has 0 spiro atoms. The Morgan fingerprint density at radius 2 is 2.02 bits per heavy atom. The molecule has 17 heteroatoms. The summed E-state index contributed by atoms with van der Waals surface area (Å²) in [5.74, 6) is -3.93. The van der Waals surface area contributed by atoms with Gasteiger partial charge in [-0.1, -0.05) is 17.4 Å². The zero-order chi connectivity index (χ0) is 28.9. The van der Waals surface area contributed by atoms with Crippen molar-refractivity contribution >= 4 is 96.3 Å². The van der Waals surface area contributed by atoms with Gasteiger partial charge in [-0.2, -0.15) is 0 Å². The Balaban J connectivity index is 1.53. The number of thiocarbonyl (C=S) groups is 1. The van der Waals surface area contributed by atoms with E-state index in [4.69, 9.17) is 22.8 Å². The highest BCUT2D eigenvalue weighted by molar-refractivity contribution is 8.00. The maximum atomic E-state index is 13.5. The van der Waals surface area contributed by atoms with Crippen LogP contribution in [0.4, 0.5) is 5.13 Å². The van der Waals surface area contributed by atoms with Gasteiger partial charge in [0.15, 0.2) is 33.3 Å². The maximum absolute atomic E-state index is 13.5. The summed E-state index contributed by atoms with van der Waals surface area (Å²) < 4.78 is 0.310. The second kappa shape index (κ2) is 10.2. The number of benzene rings is 1. The van der Waals surface area contributed by atoms with Crippen LogP contribution in [-0.4, -0.2) is 77.8 Å². The molecule has 0 aliphatic carbocycles. The van der Waals surface area contributed by atoms with Gasteiger partial charge in [-0.05, 0) is 6.07 Å². The molecule has 0 bridgehead atoms. The number of amides is 2. The van der Waals surface area contributed by atoms with Crippen molar-refractivity contribution in [2.45, 2.75) is 10.9 Å². The molecule has 40 heavy (non-hydrogen) atoms. The number of phenols is 2. The minimum Gasteiger partial charge on any atom is -0.504 e. The van der Waals surface area contributed by atoms with Crippen molar-refractivity contribution < 1.29 is 34.5 Å². The lowest BCUT2D eigenvalue weighted by atomic mass is 9.87. The molecule has 2 atom stereocenters. The number of carbonyl (C=O) groups excluding carboxylic acids is 2. The minimum atomic E-state index is -1.75. The third kappa shape index (κ3) is 4.26. The number of oxime groups is 1. The lowest BCUT2D eigenvalue weighted by Gasteiger charge is -2.55. The first-order chi connectivity index (χ1) is 19.0. The average Bonchev–Trinajstić information content (AvgIpc) is 3.35. The van der Waals surface area contributed by atoms with Gasteiger partial charge in [-0.3, -0.25) is 19.3 Å². The number of aliphatic carboxylic acids is 1. The molecule has 0 saturated carbocycles. The number of phenolic OH excluding ortho intramolecular Hbond substituents is 2. The second-order valence-electron chi connectivity index (χ2n) is 8.42. The number of carboxylic acids is 1. The summed E-state index contributed by atoms with van der Waals surface area (Å²) in [7, 11) is 1.22. The number of aromatic nitrogens is 1. The van der Waals surface area contributed by atoms with Gasteiger partial charge in [-0.25, -0.2) is 9.78 Å². The van der Waals surface area contributed by atoms with Crippen molar-refractivity contribution in [3.05, 3.63) is 50.1 Å². The van der Waals surface area contributed by atoms with E-state index < -0.39 is 45.6 Å². The first-order valence-electron chi connectivity index (χ1n) is 11.1. The molecule has 6 N–H and O–H groups in total. The van der Waals surface area contributed by atoms with Gasteiger partial charge in [0.05, 0.1) is 0 Å². The number of hydrogen-bond donors (Lipinski definition) is 5. The molecule has 13 nitrogen and oxygen atoms in total. The van der Waals surface area contributed by atoms with Gasteiger partial charge in [0, 0.05) is 49.2 Å². The molecule has 5 rings (SSSR count). The highest BCUT2D eigenvalue weighted by Gasteiger charge is 2.65. The zero-order valence-electron chi connectivity index (χ0n) is 20.1. The number of nitrogens with two attached hydrogens (primary N) is 1. The smallest absolute Gasteiger partial charge is 0.353 e. The Hall–Kier alpha value is -4.06. The molecular formula is C23H17N5O8S4. The van der Waals surface area contributed by atoms with Gasteiger partial charge in [0.2, 0.25) is 0 Å². The van der Waals surface area contributed by atoms with Gasteiger partial charge in [0.1, 0.15) is 23.9 Å². The van der Waals surface area contributed by atoms with Crippen LogP contribution < -0.4 is 16.5 Å².